The highest BCUT2D eigenvalue weighted by Gasteiger charge is 2.38. The first-order valence-electron chi connectivity index (χ1n) is 7.51. The second-order valence-corrected chi connectivity index (χ2v) is 5.98. The van der Waals surface area contributed by atoms with Crippen LogP contribution in [0.3, 0.4) is 0 Å². The third-order valence-electron chi connectivity index (χ3n) is 3.98. The van der Waals surface area contributed by atoms with Crippen LogP contribution in [0.15, 0.2) is 42.5 Å². The summed E-state index contributed by atoms with van der Waals surface area (Å²) in [6.45, 7) is 1.73. The standard InChI is InChI=1S/C18H17ClN2O3/c1-11(22)20-17-14-9-13(24-2)7-8-16(14)21(18(17)23)10-12-5-3-4-6-15(12)19/h3-9,17H,10H2,1-2H3,(H,20,22)/t17-/m0/s1. The fourth-order valence-corrected chi connectivity index (χ4v) is 3.04. The molecule has 0 radical (unpaired) electrons. The molecule has 2 aromatic rings. The number of halogens is 1. The van der Waals surface area contributed by atoms with E-state index in [1.165, 1.54) is 6.92 Å². The summed E-state index contributed by atoms with van der Waals surface area (Å²) < 4.78 is 5.24. The Morgan fingerprint density at radius 3 is 2.71 bits per heavy atom. The lowest BCUT2D eigenvalue weighted by Crippen LogP contribution is -2.36. The maximum atomic E-state index is 12.8. The third-order valence-corrected chi connectivity index (χ3v) is 4.35. The molecular formula is C18H17ClN2O3. The molecule has 0 aromatic heterocycles. The van der Waals surface area contributed by atoms with Crippen LogP contribution in [-0.2, 0) is 16.1 Å². The molecule has 6 heteroatoms. The third kappa shape index (κ3) is 2.95. The van der Waals surface area contributed by atoms with Gasteiger partial charge in [-0.15, -0.1) is 0 Å². The number of rotatable bonds is 4. The Bertz CT molecular complexity index is 807. The Morgan fingerprint density at radius 1 is 1.29 bits per heavy atom. The van der Waals surface area contributed by atoms with E-state index in [4.69, 9.17) is 16.3 Å². The minimum atomic E-state index is -0.713. The molecular weight excluding hydrogens is 328 g/mol. The van der Waals surface area contributed by atoms with Crippen molar-refractivity contribution in [1.82, 2.24) is 5.32 Å². The molecule has 1 heterocycles. The summed E-state index contributed by atoms with van der Waals surface area (Å²) in [5.74, 6) is 0.187. The smallest absolute Gasteiger partial charge is 0.254 e. The van der Waals surface area contributed by atoms with Crippen LogP contribution >= 0.6 is 11.6 Å². The van der Waals surface area contributed by atoms with Crippen molar-refractivity contribution in [3.63, 3.8) is 0 Å². The van der Waals surface area contributed by atoms with Crippen LogP contribution in [0, 0.1) is 0 Å². The van der Waals surface area contributed by atoms with Gasteiger partial charge in [-0.25, -0.2) is 0 Å². The Kier molecular flexibility index (Phi) is 4.44. The number of carbonyl (C=O) groups excluding carboxylic acids is 2. The average Bonchev–Trinajstić information content (AvgIpc) is 2.81. The van der Waals surface area contributed by atoms with Crippen molar-refractivity contribution in [1.29, 1.82) is 0 Å². The second kappa shape index (κ2) is 6.53. The van der Waals surface area contributed by atoms with Crippen molar-refractivity contribution in [2.45, 2.75) is 19.5 Å². The Morgan fingerprint density at radius 2 is 2.04 bits per heavy atom. The van der Waals surface area contributed by atoms with Crippen LogP contribution in [0.1, 0.15) is 24.1 Å². The van der Waals surface area contributed by atoms with E-state index in [0.29, 0.717) is 17.3 Å². The van der Waals surface area contributed by atoms with E-state index >= 15 is 0 Å². The number of ether oxygens (including phenoxy) is 1. The van der Waals surface area contributed by atoms with Gasteiger partial charge in [0.05, 0.1) is 19.3 Å². The van der Waals surface area contributed by atoms with Crippen molar-refractivity contribution in [2.24, 2.45) is 0 Å². The quantitative estimate of drug-likeness (QED) is 0.927. The predicted molar refractivity (Wildman–Crippen MR) is 92.2 cm³/mol. The minimum Gasteiger partial charge on any atom is -0.497 e. The fraction of sp³-hybridized carbons (Fsp3) is 0.222. The van der Waals surface area contributed by atoms with E-state index in [2.05, 4.69) is 5.32 Å². The van der Waals surface area contributed by atoms with Crippen LogP contribution in [-0.4, -0.2) is 18.9 Å². The van der Waals surface area contributed by atoms with E-state index in [0.717, 1.165) is 16.8 Å². The summed E-state index contributed by atoms with van der Waals surface area (Å²) >= 11 is 6.22. The predicted octanol–water partition coefficient (Wildman–Crippen LogP) is 3.07. The van der Waals surface area contributed by atoms with Gasteiger partial charge in [-0.2, -0.15) is 0 Å². The molecule has 1 aliphatic heterocycles. The van der Waals surface area contributed by atoms with Crippen molar-refractivity contribution < 1.29 is 14.3 Å². The lowest BCUT2D eigenvalue weighted by Gasteiger charge is -2.19. The molecule has 3 rings (SSSR count). The molecule has 0 saturated carbocycles. The highest BCUT2D eigenvalue weighted by Crippen LogP contribution is 2.39. The van der Waals surface area contributed by atoms with Gasteiger partial charge in [0, 0.05) is 17.5 Å². The molecule has 0 saturated heterocycles. The molecule has 1 atom stereocenters. The molecule has 0 aliphatic carbocycles. The number of fused-ring (bicyclic) bond motifs is 1. The fourth-order valence-electron chi connectivity index (χ4n) is 2.85. The molecule has 2 aromatic carbocycles. The van der Waals surface area contributed by atoms with Gasteiger partial charge >= 0.3 is 0 Å². The van der Waals surface area contributed by atoms with Gasteiger partial charge in [-0.3, -0.25) is 9.59 Å². The van der Waals surface area contributed by atoms with Gasteiger partial charge in [-0.1, -0.05) is 29.8 Å². The number of carbonyl (C=O) groups is 2. The molecule has 0 bridgehead atoms. The van der Waals surface area contributed by atoms with E-state index in [9.17, 15) is 9.59 Å². The molecule has 1 N–H and O–H groups in total. The van der Waals surface area contributed by atoms with Gasteiger partial charge in [0.2, 0.25) is 5.91 Å². The molecule has 2 amide bonds. The molecule has 0 fully saturated rings. The number of benzene rings is 2. The first-order valence-corrected chi connectivity index (χ1v) is 7.89. The first kappa shape index (κ1) is 16.3. The molecule has 24 heavy (non-hydrogen) atoms. The molecule has 1 aliphatic rings. The largest absolute Gasteiger partial charge is 0.497 e. The number of methoxy groups -OCH3 is 1. The summed E-state index contributed by atoms with van der Waals surface area (Å²) in [5.41, 5.74) is 2.32. The lowest BCUT2D eigenvalue weighted by atomic mass is 10.1. The van der Waals surface area contributed by atoms with Crippen molar-refractivity contribution >= 4 is 29.1 Å². The molecule has 124 valence electrons. The lowest BCUT2D eigenvalue weighted by molar-refractivity contribution is -0.126. The highest BCUT2D eigenvalue weighted by molar-refractivity contribution is 6.31. The summed E-state index contributed by atoms with van der Waals surface area (Å²) in [6.07, 6.45) is 0. The van der Waals surface area contributed by atoms with Gasteiger partial charge in [-0.05, 0) is 29.8 Å². The van der Waals surface area contributed by atoms with Crippen molar-refractivity contribution in [3.05, 3.63) is 58.6 Å². The van der Waals surface area contributed by atoms with Crippen molar-refractivity contribution in [2.75, 3.05) is 12.0 Å². The number of nitrogens with zero attached hydrogens (tertiary/aromatic N) is 1. The average molecular weight is 345 g/mol. The Hall–Kier alpha value is -2.53. The zero-order valence-corrected chi connectivity index (χ0v) is 14.1. The van der Waals surface area contributed by atoms with Gasteiger partial charge in [0.1, 0.15) is 11.8 Å². The zero-order chi connectivity index (χ0) is 17.3. The topological polar surface area (TPSA) is 58.6 Å². The normalized spacial score (nSPS) is 16.0. The summed E-state index contributed by atoms with van der Waals surface area (Å²) in [4.78, 5) is 26.0. The maximum Gasteiger partial charge on any atom is 0.254 e. The van der Waals surface area contributed by atoms with E-state index in [1.807, 2.05) is 24.3 Å². The molecule has 5 nitrogen and oxygen atoms in total. The summed E-state index contributed by atoms with van der Waals surface area (Å²) in [5, 5.41) is 3.31. The first-order chi connectivity index (χ1) is 11.5. The van der Waals surface area contributed by atoms with Gasteiger partial charge in [0.15, 0.2) is 0 Å². The zero-order valence-electron chi connectivity index (χ0n) is 13.4. The highest BCUT2D eigenvalue weighted by atomic mass is 35.5. The number of amides is 2. The van der Waals surface area contributed by atoms with Crippen LogP contribution in [0.5, 0.6) is 5.75 Å². The molecule has 0 unspecified atom stereocenters. The monoisotopic (exact) mass is 344 g/mol. The van der Waals surface area contributed by atoms with Crippen molar-refractivity contribution in [3.8, 4) is 5.75 Å². The number of anilines is 1. The van der Waals surface area contributed by atoms with Crippen LogP contribution in [0.25, 0.3) is 0 Å². The van der Waals surface area contributed by atoms with Crippen LogP contribution in [0.4, 0.5) is 5.69 Å². The van der Waals surface area contributed by atoms with Gasteiger partial charge in [0.25, 0.3) is 5.91 Å². The minimum absolute atomic E-state index is 0.187. The summed E-state index contributed by atoms with van der Waals surface area (Å²) in [7, 11) is 1.56. The van der Waals surface area contributed by atoms with Crippen LogP contribution in [0.2, 0.25) is 5.02 Å². The number of hydrogen-bond donors (Lipinski definition) is 1. The SMILES string of the molecule is COc1ccc2c(c1)[C@H](NC(C)=O)C(=O)N2Cc1ccccc1Cl. The van der Waals surface area contributed by atoms with E-state index in [-0.39, 0.29) is 11.8 Å². The Balaban J connectivity index is 2.01. The number of hydrogen-bond acceptors (Lipinski definition) is 3. The number of nitrogens with one attached hydrogen (secondary N) is 1. The maximum absolute atomic E-state index is 12.8. The second-order valence-electron chi connectivity index (χ2n) is 5.57. The summed E-state index contributed by atoms with van der Waals surface area (Å²) in [6, 6.07) is 12.1. The molecule has 0 spiro atoms. The Labute approximate surface area is 145 Å². The van der Waals surface area contributed by atoms with Crippen LogP contribution < -0.4 is 15.0 Å². The van der Waals surface area contributed by atoms with E-state index in [1.54, 1.807) is 30.2 Å². The van der Waals surface area contributed by atoms with Gasteiger partial charge < -0.3 is 15.0 Å². The van der Waals surface area contributed by atoms with E-state index < -0.39 is 6.04 Å².